The maximum atomic E-state index is 5.84. The van der Waals surface area contributed by atoms with E-state index in [4.69, 9.17) is 5.73 Å². The Bertz CT molecular complexity index is 149. The summed E-state index contributed by atoms with van der Waals surface area (Å²) in [5.41, 5.74) is 6.51. The SMILES string of the molecule is CC(N)C1CC1(C)C1CC1. The molecule has 2 saturated carbocycles. The van der Waals surface area contributed by atoms with Crippen LogP contribution in [0.2, 0.25) is 0 Å². The molecule has 0 aromatic rings. The molecular formula is C9H17N. The molecule has 1 nitrogen and oxygen atoms in total. The summed E-state index contributed by atoms with van der Waals surface area (Å²) in [6.45, 7) is 4.57. The lowest BCUT2D eigenvalue weighted by atomic mass is 9.97. The van der Waals surface area contributed by atoms with Crippen molar-refractivity contribution < 1.29 is 0 Å². The standard InChI is InChI=1S/C9H17N/c1-6(10)8-5-9(8,2)7-3-4-7/h6-8H,3-5,10H2,1-2H3. The first-order valence-corrected chi connectivity index (χ1v) is 4.40. The van der Waals surface area contributed by atoms with Crippen LogP contribution in [-0.2, 0) is 0 Å². The van der Waals surface area contributed by atoms with Gasteiger partial charge in [-0.05, 0) is 43.4 Å². The summed E-state index contributed by atoms with van der Waals surface area (Å²) in [6, 6.07) is 0.436. The van der Waals surface area contributed by atoms with E-state index in [1.54, 1.807) is 0 Å². The largest absolute Gasteiger partial charge is 0.328 e. The van der Waals surface area contributed by atoms with Crippen LogP contribution in [0.3, 0.4) is 0 Å². The zero-order valence-electron chi connectivity index (χ0n) is 6.93. The van der Waals surface area contributed by atoms with E-state index < -0.39 is 0 Å². The molecule has 10 heavy (non-hydrogen) atoms. The molecule has 1 heteroatoms. The van der Waals surface area contributed by atoms with Crippen LogP contribution in [-0.4, -0.2) is 6.04 Å². The fourth-order valence-corrected chi connectivity index (χ4v) is 2.41. The summed E-state index contributed by atoms with van der Waals surface area (Å²) in [4.78, 5) is 0. The third-order valence-electron chi connectivity index (χ3n) is 3.49. The summed E-state index contributed by atoms with van der Waals surface area (Å²) >= 11 is 0. The molecule has 0 spiro atoms. The van der Waals surface area contributed by atoms with Crippen molar-refractivity contribution in [3.05, 3.63) is 0 Å². The molecule has 3 atom stereocenters. The monoisotopic (exact) mass is 139 g/mol. The van der Waals surface area contributed by atoms with Crippen molar-refractivity contribution in [2.75, 3.05) is 0 Å². The van der Waals surface area contributed by atoms with Crippen LogP contribution in [0.25, 0.3) is 0 Å². The van der Waals surface area contributed by atoms with Gasteiger partial charge in [0.1, 0.15) is 0 Å². The number of rotatable bonds is 2. The van der Waals surface area contributed by atoms with Crippen LogP contribution in [0.15, 0.2) is 0 Å². The van der Waals surface area contributed by atoms with Crippen LogP contribution in [0.4, 0.5) is 0 Å². The molecule has 0 aromatic heterocycles. The summed E-state index contributed by atoms with van der Waals surface area (Å²) < 4.78 is 0. The molecular weight excluding hydrogens is 122 g/mol. The molecule has 0 amide bonds. The first kappa shape index (κ1) is 6.66. The van der Waals surface area contributed by atoms with E-state index in [9.17, 15) is 0 Å². The van der Waals surface area contributed by atoms with Crippen LogP contribution in [0.5, 0.6) is 0 Å². The van der Waals surface area contributed by atoms with Crippen molar-refractivity contribution in [3.63, 3.8) is 0 Å². The second-order valence-electron chi connectivity index (χ2n) is 4.45. The Morgan fingerprint density at radius 3 is 2.40 bits per heavy atom. The number of nitrogens with two attached hydrogens (primary N) is 1. The van der Waals surface area contributed by atoms with Gasteiger partial charge in [-0.25, -0.2) is 0 Å². The minimum Gasteiger partial charge on any atom is -0.328 e. The van der Waals surface area contributed by atoms with E-state index in [0.29, 0.717) is 11.5 Å². The van der Waals surface area contributed by atoms with E-state index in [1.165, 1.54) is 19.3 Å². The molecule has 0 aromatic carbocycles. The smallest absolute Gasteiger partial charge is 0.00442 e. The molecule has 0 bridgehead atoms. The van der Waals surface area contributed by atoms with Gasteiger partial charge in [0.2, 0.25) is 0 Å². The second-order valence-corrected chi connectivity index (χ2v) is 4.45. The fourth-order valence-electron chi connectivity index (χ4n) is 2.41. The Morgan fingerprint density at radius 1 is 1.50 bits per heavy atom. The van der Waals surface area contributed by atoms with Gasteiger partial charge in [-0.1, -0.05) is 6.92 Å². The van der Waals surface area contributed by atoms with Crippen LogP contribution in [0.1, 0.15) is 33.1 Å². The molecule has 0 radical (unpaired) electrons. The second kappa shape index (κ2) is 1.76. The van der Waals surface area contributed by atoms with E-state index >= 15 is 0 Å². The van der Waals surface area contributed by atoms with Crippen LogP contribution < -0.4 is 5.73 Å². The summed E-state index contributed by atoms with van der Waals surface area (Å²) in [6.07, 6.45) is 4.34. The lowest BCUT2D eigenvalue weighted by Gasteiger charge is -2.11. The molecule has 2 rings (SSSR count). The van der Waals surface area contributed by atoms with Crippen molar-refractivity contribution >= 4 is 0 Å². The highest BCUT2D eigenvalue weighted by molar-refractivity contribution is 5.09. The number of hydrogen-bond donors (Lipinski definition) is 1. The van der Waals surface area contributed by atoms with Crippen molar-refractivity contribution in [2.45, 2.75) is 39.2 Å². The molecule has 2 aliphatic rings. The zero-order valence-corrected chi connectivity index (χ0v) is 6.93. The minimum absolute atomic E-state index is 0.436. The Morgan fingerprint density at radius 2 is 2.10 bits per heavy atom. The lowest BCUT2D eigenvalue weighted by Crippen LogP contribution is -2.21. The van der Waals surface area contributed by atoms with Crippen molar-refractivity contribution in [1.29, 1.82) is 0 Å². The average Bonchev–Trinajstić information content (AvgIpc) is 2.49. The normalized spacial score (nSPS) is 48.9. The highest BCUT2D eigenvalue weighted by Crippen LogP contribution is 2.65. The third kappa shape index (κ3) is 0.800. The first-order valence-electron chi connectivity index (χ1n) is 4.40. The van der Waals surface area contributed by atoms with Crippen LogP contribution >= 0.6 is 0 Å². The van der Waals surface area contributed by atoms with Gasteiger partial charge in [0, 0.05) is 6.04 Å². The third-order valence-corrected chi connectivity index (χ3v) is 3.49. The number of hydrogen-bond acceptors (Lipinski definition) is 1. The van der Waals surface area contributed by atoms with Gasteiger partial charge >= 0.3 is 0 Å². The molecule has 3 unspecified atom stereocenters. The van der Waals surface area contributed by atoms with Crippen molar-refractivity contribution in [1.82, 2.24) is 0 Å². The Kier molecular flexibility index (Phi) is 1.17. The average molecular weight is 139 g/mol. The van der Waals surface area contributed by atoms with Gasteiger partial charge in [0.05, 0.1) is 0 Å². The van der Waals surface area contributed by atoms with Gasteiger partial charge in [-0.2, -0.15) is 0 Å². The Balaban J connectivity index is 1.96. The van der Waals surface area contributed by atoms with Crippen LogP contribution in [0, 0.1) is 17.3 Å². The van der Waals surface area contributed by atoms with Gasteiger partial charge < -0.3 is 5.73 Å². The fraction of sp³-hybridized carbons (Fsp3) is 1.00. The quantitative estimate of drug-likeness (QED) is 0.620. The Hall–Kier alpha value is -0.0400. The molecule has 58 valence electrons. The molecule has 0 aliphatic heterocycles. The van der Waals surface area contributed by atoms with Crippen molar-refractivity contribution in [3.8, 4) is 0 Å². The summed E-state index contributed by atoms with van der Waals surface area (Å²) in [5.74, 6) is 1.89. The van der Waals surface area contributed by atoms with E-state index in [2.05, 4.69) is 13.8 Å². The molecule has 0 heterocycles. The highest BCUT2D eigenvalue weighted by atomic mass is 14.7. The van der Waals surface area contributed by atoms with E-state index in [1.807, 2.05) is 0 Å². The summed E-state index contributed by atoms with van der Waals surface area (Å²) in [5, 5.41) is 0. The van der Waals surface area contributed by atoms with E-state index in [0.717, 1.165) is 11.8 Å². The Labute approximate surface area is 63.0 Å². The van der Waals surface area contributed by atoms with E-state index in [-0.39, 0.29) is 0 Å². The lowest BCUT2D eigenvalue weighted by molar-refractivity contribution is 0.408. The zero-order chi connectivity index (χ0) is 7.35. The van der Waals surface area contributed by atoms with Gasteiger partial charge in [-0.3, -0.25) is 0 Å². The summed E-state index contributed by atoms with van der Waals surface area (Å²) in [7, 11) is 0. The predicted octanol–water partition coefficient (Wildman–Crippen LogP) is 1.77. The molecule has 2 fully saturated rings. The topological polar surface area (TPSA) is 26.0 Å². The highest BCUT2D eigenvalue weighted by Gasteiger charge is 2.59. The van der Waals surface area contributed by atoms with Gasteiger partial charge in [-0.15, -0.1) is 0 Å². The minimum atomic E-state index is 0.436. The predicted molar refractivity (Wildman–Crippen MR) is 42.6 cm³/mol. The maximum absolute atomic E-state index is 5.84. The van der Waals surface area contributed by atoms with Crippen molar-refractivity contribution in [2.24, 2.45) is 23.0 Å². The maximum Gasteiger partial charge on any atom is 0.00442 e. The molecule has 2 N–H and O–H groups in total. The van der Waals surface area contributed by atoms with Gasteiger partial charge in [0.15, 0.2) is 0 Å². The first-order chi connectivity index (χ1) is 4.64. The molecule has 0 saturated heterocycles. The molecule has 2 aliphatic carbocycles. The van der Waals surface area contributed by atoms with Gasteiger partial charge in [0.25, 0.3) is 0 Å².